The maximum atomic E-state index is 12.0. The fourth-order valence-electron chi connectivity index (χ4n) is 1.69. The molecule has 0 aromatic carbocycles. The van der Waals surface area contributed by atoms with Crippen LogP contribution in [0.15, 0.2) is 0 Å². The number of amides is 2. The second kappa shape index (κ2) is 6.61. The number of carboxylic acid groups (broad SMARTS) is 1. The van der Waals surface area contributed by atoms with E-state index in [0.29, 0.717) is 0 Å². The second-order valence-electron chi connectivity index (χ2n) is 5.84. The number of nitrogens with one attached hydrogen (secondary N) is 1. The number of rotatable bonds is 5. The third kappa shape index (κ3) is 4.94. The first-order valence-electron chi connectivity index (χ1n) is 6.37. The Labute approximate surface area is 110 Å². The molecule has 0 saturated heterocycles. The van der Waals surface area contributed by atoms with Crippen molar-refractivity contribution in [2.45, 2.75) is 59.5 Å². The van der Waals surface area contributed by atoms with Crippen LogP contribution in [0.25, 0.3) is 0 Å². The Balaban J connectivity index is 4.66. The average Bonchev–Trinajstić information content (AvgIpc) is 2.22. The summed E-state index contributed by atoms with van der Waals surface area (Å²) in [5.74, 6) is -1.01. The van der Waals surface area contributed by atoms with Gasteiger partial charge in [0, 0.05) is 13.1 Å². The molecular formula is C13H26N2O3. The number of nitrogens with zero attached hydrogens (tertiary/aromatic N) is 1. The van der Waals surface area contributed by atoms with Crippen molar-refractivity contribution in [3.05, 3.63) is 0 Å². The predicted octanol–water partition coefficient (Wildman–Crippen LogP) is 2.32. The predicted molar refractivity (Wildman–Crippen MR) is 71.5 cm³/mol. The van der Waals surface area contributed by atoms with Crippen LogP contribution in [-0.4, -0.2) is 41.1 Å². The van der Waals surface area contributed by atoms with Gasteiger partial charge < -0.3 is 15.3 Å². The van der Waals surface area contributed by atoms with E-state index in [2.05, 4.69) is 12.2 Å². The molecule has 18 heavy (non-hydrogen) atoms. The lowest BCUT2D eigenvalue weighted by atomic mass is 9.87. The molecule has 2 N–H and O–H groups in total. The Morgan fingerprint density at radius 1 is 1.33 bits per heavy atom. The van der Waals surface area contributed by atoms with Crippen LogP contribution in [0.4, 0.5) is 4.79 Å². The van der Waals surface area contributed by atoms with Gasteiger partial charge in [-0.05, 0) is 18.8 Å². The molecule has 2 amide bonds. The summed E-state index contributed by atoms with van der Waals surface area (Å²) in [5, 5.41) is 11.7. The summed E-state index contributed by atoms with van der Waals surface area (Å²) in [5.41, 5.74) is -0.518. The van der Waals surface area contributed by atoms with Crippen molar-refractivity contribution in [2.75, 3.05) is 7.05 Å². The molecule has 0 aromatic rings. The van der Waals surface area contributed by atoms with E-state index in [-0.39, 0.29) is 12.1 Å². The van der Waals surface area contributed by atoms with E-state index in [9.17, 15) is 9.59 Å². The maximum Gasteiger partial charge on any atom is 0.326 e. The fourth-order valence-corrected chi connectivity index (χ4v) is 1.69. The van der Waals surface area contributed by atoms with E-state index in [1.165, 1.54) is 0 Å². The number of hydrogen-bond acceptors (Lipinski definition) is 2. The summed E-state index contributed by atoms with van der Waals surface area (Å²) < 4.78 is 0. The van der Waals surface area contributed by atoms with Crippen molar-refractivity contribution >= 4 is 12.0 Å². The second-order valence-corrected chi connectivity index (χ2v) is 5.84. The molecule has 0 aromatic heterocycles. The lowest BCUT2D eigenvalue weighted by Gasteiger charge is -2.31. The van der Waals surface area contributed by atoms with Crippen LogP contribution >= 0.6 is 0 Å². The molecule has 5 nitrogen and oxygen atoms in total. The van der Waals surface area contributed by atoms with Gasteiger partial charge in [-0.3, -0.25) is 0 Å². The first-order chi connectivity index (χ1) is 8.11. The minimum atomic E-state index is -1.01. The number of carboxylic acids is 1. The van der Waals surface area contributed by atoms with Gasteiger partial charge in [0.25, 0.3) is 0 Å². The van der Waals surface area contributed by atoms with Gasteiger partial charge in [0.05, 0.1) is 0 Å². The third-order valence-electron chi connectivity index (χ3n) is 3.07. The first-order valence-corrected chi connectivity index (χ1v) is 6.37. The third-order valence-corrected chi connectivity index (χ3v) is 3.07. The van der Waals surface area contributed by atoms with Gasteiger partial charge in [-0.25, -0.2) is 9.59 Å². The van der Waals surface area contributed by atoms with Crippen LogP contribution in [0.3, 0.4) is 0 Å². The maximum absolute atomic E-state index is 12.0. The van der Waals surface area contributed by atoms with Gasteiger partial charge in [0.2, 0.25) is 0 Å². The monoisotopic (exact) mass is 258 g/mol. The van der Waals surface area contributed by atoms with Gasteiger partial charge in [-0.2, -0.15) is 0 Å². The summed E-state index contributed by atoms with van der Waals surface area (Å²) in [7, 11) is 1.69. The lowest BCUT2D eigenvalue weighted by molar-refractivity contribution is -0.142. The molecule has 2 unspecified atom stereocenters. The molecular weight excluding hydrogens is 232 g/mol. The topological polar surface area (TPSA) is 69.6 Å². The molecule has 0 rings (SSSR count). The summed E-state index contributed by atoms with van der Waals surface area (Å²) in [6.45, 7) is 9.39. The molecule has 2 atom stereocenters. The molecule has 0 aliphatic heterocycles. The lowest BCUT2D eigenvalue weighted by Crippen LogP contribution is -2.54. The van der Waals surface area contributed by atoms with E-state index in [1.54, 1.807) is 32.7 Å². The molecule has 0 fully saturated rings. The molecule has 106 valence electrons. The van der Waals surface area contributed by atoms with Gasteiger partial charge >= 0.3 is 12.0 Å². The minimum Gasteiger partial charge on any atom is -0.480 e. The normalized spacial score (nSPS) is 14.8. The van der Waals surface area contributed by atoms with Crippen molar-refractivity contribution in [3.63, 3.8) is 0 Å². The van der Waals surface area contributed by atoms with Crippen molar-refractivity contribution in [1.29, 1.82) is 0 Å². The van der Waals surface area contributed by atoms with Crippen molar-refractivity contribution < 1.29 is 14.7 Å². The smallest absolute Gasteiger partial charge is 0.326 e. The molecule has 0 heterocycles. The Hall–Kier alpha value is -1.26. The highest BCUT2D eigenvalue weighted by Crippen LogP contribution is 2.19. The quantitative estimate of drug-likeness (QED) is 0.795. The fraction of sp³-hybridized carbons (Fsp3) is 0.846. The van der Waals surface area contributed by atoms with Gasteiger partial charge in [-0.15, -0.1) is 0 Å². The molecule has 0 saturated carbocycles. The van der Waals surface area contributed by atoms with E-state index < -0.39 is 17.4 Å². The van der Waals surface area contributed by atoms with E-state index in [1.807, 2.05) is 6.92 Å². The summed E-state index contributed by atoms with van der Waals surface area (Å²) in [4.78, 5) is 24.7. The number of aliphatic carboxylic acids is 1. The Morgan fingerprint density at radius 3 is 2.17 bits per heavy atom. The van der Waals surface area contributed by atoms with Crippen molar-refractivity contribution in [2.24, 2.45) is 5.41 Å². The number of carbonyl (C=O) groups is 2. The number of urea groups is 1. The molecule has 0 radical (unpaired) electrons. The Morgan fingerprint density at radius 2 is 1.83 bits per heavy atom. The minimum absolute atomic E-state index is 0.101. The molecule has 0 aliphatic rings. The van der Waals surface area contributed by atoms with Crippen molar-refractivity contribution in [1.82, 2.24) is 10.2 Å². The zero-order valence-corrected chi connectivity index (χ0v) is 12.3. The van der Waals surface area contributed by atoms with Gasteiger partial charge in [0.15, 0.2) is 0 Å². The molecule has 0 spiro atoms. The highest BCUT2D eigenvalue weighted by molar-refractivity contribution is 5.83. The SMILES string of the molecule is CCCC(C)N(C)C(=O)NC(C(=O)O)C(C)(C)C. The Kier molecular flexibility index (Phi) is 6.15. The highest BCUT2D eigenvalue weighted by Gasteiger charge is 2.33. The van der Waals surface area contributed by atoms with Gasteiger partial charge in [0.1, 0.15) is 6.04 Å². The molecule has 5 heteroatoms. The van der Waals surface area contributed by atoms with E-state index in [0.717, 1.165) is 12.8 Å². The molecule has 0 aliphatic carbocycles. The highest BCUT2D eigenvalue weighted by atomic mass is 16.4. The van der Waals surface area contributed by atoms with Crippen LogP contribution < -0.4 is 5.32 Å². The van der Waals surface area contributed by atoms with Crippen LogP contribution in [0, 0.1) is 5.41 Å². The number of carbonyl (C=O) groups excluding carboxylic acids is 1. The van der Waals surface area contributed by atoms with E-state index in [4.69, 9.17) is 5.11 Å². The average molecular weight is 258 g/mol. The zero-order valence-electron chi connectivity index (χ0n) is 12.3. The van der Waals surface area contributed by atoms with E-state index >= 15 is 0 Å². The van der Waals surface area contributed by atoms with Gasteiger partial charge in [-0.1, -0.05) is 34.1 Å². The number of hydrogen-bond donors (Lipinski definition) is 2. The van der Waals surface area contributed by atoms with Crippen LogP contribution in [-0.2, 0) is 4.79 Å². The molecule has 0 bridgehead atoms. The summed E-state index contributed by atoms with van der Waals surface area (Å²) in [6, 6.07) is -1.12. The zero-order chi connectivity index (χ0) is 14.5. The first kappa shape index (κ1) is 16.7. The Bertz CT molecular complexity index is 297. The van der Waals surface area contributed by atoms with Crippen LogP contribution in [0.5, 0.6) is 0 Å². The summed E-state index contributed by atoms with van der Waals surface area (Å²) in [6.07, 6.45) is 1.89. The largest absolute Gasteiger partial charge is 0.480 e. The van der Waals surface area contributed by atoms with Crippen molar-refractivity contribution in [3.8, 4) is 0 Å². The van der Waals surface area contributed by atoms with Crippen LogP contribution in [0.1, 0.15) is 47.5 Å². The standard InChI is InChI=1S/C13H26N2O3/c1-7-8-9(2)15(6)12(18)14-10(11(16)17)13(3,4)5/h9-10H,7-8H2,1-6H3,(H,14,18)(H,16,17). The summed E-state index contributed by atoms with van der Waals surface area (Å²) >= 11 is 0. The van der Waals surface area contributed by atoms with Crippen LogP contribution in [0.2, 0.25) is 0 Å².